The molecule has 3 N–H and O–H groups in total. The molecule has 1 saturated heterocycles. The molecule has 0 aliphatic carbocycles. The van der Waals surface area contributed by atoms with Gasteiger partial charge in [-0.15, -0.1) is 0 Å². The first kappa shape index (κ1) is 14.6. The number of aliphatic hydroxyl groups is 1. The molecular formula is C13H15ClN2O4. The minimum absolute atomic E-state index is 0.0529. The Hall–Kier alpha value is -1.79. The second-order valence-corrected chi connectivity index (χ2v) is 5.08. The van der Waals surface area contributed by atoms with Crippen molar-refractivity contribution in [3.63, 3.8) is 0 Å². The summed E-state index contributed by atoms with van der Waals surface area (Å²) in [6.45, 7) is 0.895. The summed E-state index contributed by atoms with van der Waals surface area (Å²) in [4.78, 5) is 24.7. The fourth-order valence-corrected chi connectivity index (χ4v) is 2.24. The van der Waals surface area contributed by atoms with Gasteiger partial charge in [-0.3, -0.25) is 0 Å². The number of carboxylic acids is 1. The van der Waals surface area contributed by atoms with Gasteiger partial charge in [-0.05, 0) is 31.0 Å². The Kier molecular flexibility index (Phi) is 4.46. The van der Waals surface area contributed by atoms with E-state index in [2.05, 4.69) is 5.32 Å². The van der Waals surface area contributed by atoms with Crippen LogP contribution in [0.2, 0.25) is 5.02 Å². The molecule has 0 unspecified atom stereocenters. The molecule has 0 aromatic heterocycles. The predicted octanol–water partition coefficient (Wildman–Crippen LogP) is 2.03. The quantitative estimate of drug-likeness (QED) is 0.779. The highest BCUT2D eigenvalue weighted by Crippen LogP contribution is 2.21. The van der Waals surface area contributed by atoms with Crippen LogP contribution >= 0.6 is 11.6 Å². The van der Waals surface area contributed by atoms with Crippen LogP contribution in [0.15, 0.2) is 18.2 Å². The number of aliphatic hydroxyl groups excluding tert-OH is 1. The summed E-state index contributed by atoms with van der Waals surface area (Å²) in [5.74, 6) is -1.16. The highest BCUT2D eigenvalue weighted by molar-refractivity contribution is 6.31. The topological polar surface area (TPSA) is 89.9 Å². The van der Waals surface area contributed by atoms with E-state index < -0.39 is 5.97 Å². The largest absolute Gasteiger partial charge is 0.478 e. The number of amides is 2. The fourth-order valence-electron chi connectivity index (χ4n) is 2.07. The Balaban J connectivity index is 2.10. The van der Waals surface area contributed by atoms with E-state index in [0.717, 1.165) is 0 Å². The van der Waals surface area contributed by atoms with Gasteiger partial charge in [0.05, 0.1) is 17.4 Å². The Morgan fingerprint density at radius 2 is 1.95 bits per heavy atom. The van der Waals surface area contributed by atoms with Crippen LogP contribution in [0.4, 0.5) is 10.5 Å². The van der Waals surface area contributed by atoms with Crippen molar-refractivity contribution in [3.8, 4) is 0 Å². The van der Waals surface area contributed by atoms with E-state index in [-0.39, 0.29) is 23.4 Å². The highest BCUT2D eigenvalue weighted by atomic mass is 35.5. The summed E-state index contributed by atoms with van der Waals surface area (Å²) in [7, 11) is 0. The molecule has 0 spiro atoms. The minimum atomic E-state index is -1.16. The maximum absolute atomic E-state index is 12.0. The second-order valence-electron chi connectivity index (χ2n) is 4.64. The molecule has 7 heteroatoms. The third-order valence-corrected chi connectivity index (χ3v) is 3.44. The SMILES string of the molecule is O=C(O)c1cc(Cl)ccc1NC(=O)N1CCC(O)CC1. The van der Waals surface area contributed by atoms with Gasteiger partial charge in [-0.25, -0.2) is 9.59 Å². The number of carboxylic acid groups (broad SMARTS) is 1. The first-order chi connectivity index (χ1) is 9.47. The molecule has 1 aliphatic heterocycles. The lowest BCUT2D eigenvalue weighted by atomic mass is 10.1. The van der Waals surface area contributed by atoms with Crippen LogP contribution in [0, 0.1) is 0 Å². The number of likely N-dealkylation sites (tertiary alicyclic amines) is 1. The Morgan fingerprint density at radius 3 is 2.55 bits per heavy atom. The number of nitrogens with one attached hydrogen (secondary N) is 1. The van der Waals surface area contributed by atoms with Crippen LogP contribution in [-0.2, 0) is 0 Å². The van der Waals surface area contributed by atoms with E-state index in [1.807, 2.05) is 0 Å². The van der Waals surface area contributed by atoms with Gasteiger partial charge in [0.2, 0.25) is 0 Å². The molecule has 20 heavy (non-hydrogen) atoms. The second kappa shape index (κ2) is 6.11. The number of carbonyl (C=O) groups is 2. The molecule has 0 radical (unpaired) electrons. The van der Waals surface area contributed by atoms with Gasteiger partial charge in [0.25, 0.3) is 0 Å². The third kappa shape index (κ3) is 3.40. The molecule has 0 bridgehead atoms. The number of piperidine rings is 1. The summed E-state index contributed by atoms with van der Waals surface area (Å²) in [5.41, 5.74) is 0.154. The third-order valence-electron chi connectivity index (χ3n) is 3.21. The summed E-state index contributed by atoms with van der Waals surface area (Å²) >= 11 is 5.75. The number of nitrogens with zero attached hydrogens (tertiary/aromatic N) is 1. The molecule has 6 nitrogen and oxygen atoms in total. The highest BCUT2D eigenvalue weighted by Gasteiger charge is 2.22. The zero-order valence-electron chi connectivity index (χ0n) is 10.7. The zero-order valence-corrected chi connectivity index (χ0v) is 11.4. The van der Waals surface area contributed by atoms with E-state index in [1.54, 1.807) is 4.90 Å². The van der Waals surface area contributed by atoms with Crippen molar-refractivity contribution in [1.82, 2.24) is 4.90 Å². The molecule has 1 fully saturated rings. The maximum atomic E-state index is 12.0. The van der Waals surface area contributed by atoms with Gasteiger partial charge in [-0.2, -0.15) is 0 Å². The van der Waals surface area contributed by atoms with Crippen LogP contribution in [0.3, 0.4) is 0 Å². The van der Waals surface area contributed by atoms with Crippen LogP contribution in [0.1, 0.15) is 23.2 Å². The van der Waals surface area contributed by atoms with E-state index in [0.29, 0.717) is 31.0 Å². The number of urea groups is 1. The van der Waals surface area contributed by atoms with Crippen LogP contribution in [0.25, 0.3) is 0 Å². The number of aromatic carboxylic acids is 1. The lowest BCUT2D eigenvalue weighted by Crippen LogP contribution is -2.42. The van der Waals surface area contributed by atoms with Crippen molar-refractivity contribution in [1.29, 1.82) is 0 Å². The van der Waals surface area contributed by atoms with Crippen molar-refractivity contribution in [2.75, 3.05) is 18.4 Å². The molecule has 2 amide bonds. The smallest absolute Gasteiger partial charge is 0.337 e. The molecular weight excluding hydrogens is 284 g/mol. The van der Waals surface area contributed by atoms with Crippen molar-refractivity contribution in [3.05, 3.63) is 28.8 Å². The monoisotopic (exact) mass is 298 g/mol. The number of hydrogen-bond donors (Lipinski definition) is 3. The summed E-state index contributed by atoms with van der Waals surface area (Å²) in [6.07, 6.45) is 0.684. The maximum Gasteiger partial charge on any atom is 0.337 e. The normalized spacial score (nSPS) is 16.0. The van der Waals surface area contributed by atoms with Gasteiger partial charge >= 0.3 is 12.0 Å². The number of rotatable bonds is 2. The Morgan fingerprint density at radius 1 is 1.30 bits per heavy atom. The minimum Gasteiger partial charge on any atom is -0.478 e. The fraction of sp³-hybridized carbons (Fsp3) is 0.385. The van der Waals surface area contributed by atoms with E-state index in [1.165, 1.54) is 18.2 Å². The van der Waals surface area contributed by atoms with Gasteiger partial charge < -0.3 is 20.4 Å². The molecule has 1 aliphatic rings. The summed E-state index contributed by atoms with van der Waals surface area (Å²) < 4.78 is 0. The summed E-state index contributed by atoms with van der Waals surface area (Å²) in [5, 5.41) is 21.3. The number of halogens is 1. The average Bonchev–Trinajstić information content (AvgIpc) is 2.41. The average molecular weight is 299 g/mol. The van der Waals surface area contributed by atoms with E-state index >= 15 is 0 Å². The molecule has 0 saturated carbocycles. The van der Waals surface area contributed by atoms with Crippen LogP contribution < -0.4 is 5.32 Å². The Labute approximate surface area is 121 Å². The number of hydrogen-bond acceptors (Lipinski definition) is 3. The first-order valence-corrected chi connectivity index (χ1v) is 6.62. The molecule has 1 heterocycles. The molecule has 1 aromatic rings. The van der Waals surface area contributed by atoms with Crippen molar-refractivity contribution in [2.24, 2.45) is 0 Å². The Bertz CT molecular complexity index is 527. The molecule has 1 aromatic carbocycles. The van der Waals surface area contributed by atoms with E-state index in [4.69, 9.17) is 16.7 Å². The summed E-state index contributed by atoms with van der Waals surface area (Å²) in [6, 6.07) is 3.90. The lowest BCUT2D eigenvalue weighted by Gasteiger charge is -2.29. The lowest BCUT2D eigenvalue weighted by molar-refractivity contribution is 0.0698. The molecule has 108 valence electrons. The predicted molar refractivity (Wildman–Crippen MR) is 74.2 cm³/mol. The van der Waals surface area contributed by atoms with Crippen molar-refractivity contribution >= 4 is 29.3 Å². The number of anilines is 1. The van der Waals surface area contributed by atoms with Gasteiger partial charge in [0.15, 0.2) is 0 Å². The number of benzene rings is 1. The molecule has 0 atom stereocenters. The zero-order chi connectivity index (χ0) is 14.7. The van der Waals surface area contributed by atoms with Crippen LogP contribution in [-0.4, -0.2) is 46.3 Å². The van der Waals surface area contributed by atoms with Gasteiger partial charge in [0.1, 0.15) is 0 Å². The van der Waals surface area contributed by atoms with Crippen molar-refractivity contribution < 1.29 is 19.8 Å². The van der Waals surface area contributed by atoms with Crippen molar-refractivity contribution in [2.45, 2.75) is 18.9 Å². The number of carbonyl (C=O) groups excluding carboxylic acids is 1. The molecule has 2 rings (SSSR count). The van der Waals surface area contributed by atoms with Gasteiger partial charge in [0, 0.05) is 18.1 Å². The van der Waals surface area contributed by atoms with Crippen LogP contribution in [0.5, 0.6) is 0 Å². The first-order valence-electron chi connectivity index (χ1n) is 6.24. The van der Waals surface area contributed by atoms with Gasteiger partial charge in [-0.1, -0.05) is 11.6 Å². The standard InChI is InChI=1S/C13H15ClN2O4/c14-8-1-2-11(10(7-8)12(18)19)15-13(20)16-5-3-9(17)4-6-16/h1-2,7,9,17H,3-6H2,(H,15,20)(H,18,19). The van der Waals surface area contributed by atoms with E-state index in [9.17, 15) is 14.7 Å².